The number of benzene rings is 1. The van der Waals surface area contributed by atoms with E-state index in [4.69, 9.17) is 9.47 Å². The van der Waals surface area contributed by atoms with Gasteiger partial charge in [-0.3, -0.25) is 4.79 Å². The van der Waals surface area contributed by atoms with Gasteiger partial charge in [-0.15, -0.1) is 0 Å². The van der Waals surface area contributed by atoms with Crippen LogP contribution in [0.1, 0.15) is 12.0 Å². The zero-order chi connectivity index (χ0) is 13.0. The van der Waals surface area contributed by atoms with E-state index in [1.165, 1.54) is 0 Å². The van der Waals surface area contributed by atoms with E-state index < -0.39 is 12.0 Å². The number of esters is 1. The maximum absolute atomic E-state index is 11.8. The van der Waals surface area contributed by atoms with Crippen molar-refractivity contribution in [1.29, 1.82) is 0 Å². The van der Waals surface area contributed by atoms with Gasteiger partial charge in [0.25, 0.3) is 0 Å². The molecule has 0 radical (unpaired) electrons. The Labute approximate surface area is 106 Å². The molecule has 0 bridgehead atoms. The van der Waals surface area contributed by atoms with E-state index in [0.29, 0.717) is 13.0 Å². The second kappa shape index (κ2) is 5.95. The molecule has 0 spiro atoms. The van der Waals surface area contributed by atoms with Crippen molar-refractivity contribution in [3.8, 4) is 0 Å². The van der Waals surface area contributed by atoms with Crippen LogP contribution in [0.25, 0.3) is 0 Å². The van der Waals surface area contributed by atoms with Gasteiger partial charge in [-0.1, -0.05) is 30.3 Å². The average molecular weight is 251 g/mol. The molecule has 1 aromatic rings. The number of hydroxylamine groups is 2. The Bertz CT molecular complexity index is 395. The van der Waals surface area contributed by atoms with Crippen LogP contribution in [0.15, 0.2) is 30.3 Å². The highest BCUT2D eigenvalue weighted by molar-refractivity contribution is 5.76. The fraction of sp³-hybridized carbons (Fsp3) is 0.462. The van der Waals surface area contributed by atoms with Gasteiger partial charge in [-0.05, 0) is 5.56 Å². The van der Waals surface area contributed by atoms with Crippen LogP contribution in [-0.4, -0.2) is 42.0 Å². The minimum Gasteiger partial charge on any atom is -0.460 e. The number of methoxy groups -OCH3 is 1. The summed E-state index contributed by atoms with van der Waals surface area (Å²) in [6, 6.07) is 8.82. The SMILES string of the molecule is CO[C@H]1C[C@@H](C(=O)OCc2ccccc2)N(O)C1. The number of carbonyl (C=O) groups is 1. The van der Waals surface area contributed by atoms with Crippen LogP contribution in [0.5, 0.6) is 0 Å². The highest BCUT2D eigenvalue weighted by Crippen LogP contribution is 2.19. The number of hydrogen-bond donors (Lipinski definition) is 1. The summed E-state index contributed by atoms with van der Waals surface area (Å²) in [6.45, 7) is 0.559. The zero-order valence-electron chi connectivity index (χ0n) is 10.3. The maximum Gasteiger partial charge on any atom is 0.326 e. The molecule has 1 aliphatic heterocycles. The number of ether oxygens (including phenoxy) is 2. The molecule has 0 unspecified atom stereocenters. The Balaban J connectivity index is 1.85. The van der Waals surface area contributed by atoms with Crippen molar-refractivity contribution in [1.82, 2.24) is 5.06 Å². The van der Waals surface area contributed by atoms with E-state index in [2.05, 4.69) is 0 Å². The number of carbonyl (C=O) groups excluding carboxylic acids is 1. The second-order valence-electron chi connectivity index (χ2n) is 4.32. The van der Waals surface area contributed by atoms with Gasteiger partial charge < -0.3 is 14.7 Å². The first-order valence-electron chi connectivity index (χ1n) is 5.89. The molecule has 2 atom stereocenters. The van der Waals surface area contributed by atoms with Crippen LogP contribution in [-0.2, 0) is 20.9 Å². The summed E-state index contributed by atoms with van der Waals surface area (Å²) in [7, 11) is 1.57. The molecule has 1 heterocycles. The van der Waals surface area contributed by atoms with Gasteiger partial charge in [-0.2, -0.15) is 5.06 Å². The predicted octanol–water partition coefficient (Wildman–Crippen LogP) is 1.21. The van der Waals surface area contributed by atoms with E-state index in [1.54, 1.807) is 7.11 Å². The summed E-state index contributed by atoms with van der Waals surface area (Å²) in [5.74, 6) is -0.416. The van der Waals surface area contributed by atoms with Crippen molar-refractivity contribution in [2.24, 2.45) is 0 Å². The van der Waals surface area contributed by atoms with E-state index in [9.17, 15) is 10.0 Å². The predicted molar refractivity (Wildman–Crippen MR) is 63.9 cm³/mol. The first-order valence-corrected chi connectivity index (χ1v) is 5.89. The largest absolute Gasteiger partial charge is 0.460 e. The molecule has 0 saturated carbocycles. The van der Waals surface area contributed by atoms with Gasteiger partial charge in [0.1, 0.15) is 12.6 Å². The summed E-state index contributed by atoms with van der Waals surface area (Å²) in [5, 5.41) is 10.6. The van der Waals surface area contributed by atoms with E-state index in [0.717, 1.165) is 10.6 Å². The molecule has 0 amide bonds. The van der Waals surface area contributed by atoms with Crippen LogP contribution in [0.3, 0.4) is 0 Å². The lowest BCUT2D eigenvalue weighted by Crippen LogP contribution is -2.34. The molecular formula is C13H17NO4. The van der Waals surface area contributed by atoms with Crippen LogP contribution in [0.2, 0.25) is 0 Å². The highest BCUT2D eigenvalue weighted by atomic mass is 16.6. The average Bonchev–Trinajstić information content (AvgIpc) is 2.78. The highest BCUT2D eigenvalue weighted by Gasteiger charge is 2.37. The first-order chi connectivity index (χ1) is 8.70. The summed E-state index contributed by atoms with van der Waals surface area (Å²) in [6.07, 6.45) is 0.338. The molecule has 2 rings (SSSR count). The molecular weight excluding hydrogens is 234 g/mol. The number of rotatable bonds is 4. The van der Waals surface area contributed by atoms with Crippen molar-refractivity contribution >= 4 is 5.97 Å². The van der Waals surface area contributed by atoms with Gasteiger partial charge in [0.05, 0.1) is 12.6 Å². The summed E-state index contributed by atoms with van der Waals surface area (Å²) < 4.78 is 10.3. The first kappa shape index (κ1) is 13.0. The lowest BCUT2D eigenvalue weighted by molar-refractivity contribution is -0.168. The number of nitrogens with zero attached hydrogens (tertiary/aromatic N) is 1. The Kier molecular flexibility index (Phi) is 4.30. The van der Waals surface area contributed by atoms with E-state index in [1.807, 2.05) is 30.3 Å². The minimum atomic E-state index is -0.626. The van der Waals surface area contributed by atoms with Crippen molar-refractivity contribution in [2.45, 2.75) is 25.2 Å². The third-order valence-corrected chi connectivity index (χ3v) is 3.07. The summed E-state index contributed by atoms with van der Waals surface area (Å²) in [4.78, 5) is 11.8. The standard InChI is InChI=1S/C13H17NO4/c1-17-11-7-12(14(16)8-11)13(15)18-9-10-5-3-2-4-6-10/h2-6,11-12,16H,7-9H2,1H3/t11-,12-/m0/s1. The fourth-order valence-electron chi connectivity index (χ4n) is 1.99. The molecule has 98 valence electrons. The molecule has 0 aromatic heterocycles. The molecule has 0 aliphatic carbocycles. The van der Waals surface area contributed by atoms with Crippen molar-refractivity contribution in [2.75, 3.05) is 13.7 Å². The Morgan fingerprint density at radius 2 is 2.17 bits per heavy atom. The molecule has 1 saturated heterocycles. The number of hydrogen-bond acceptors (Lipinski definition) is 5. The van der Waals surface area contributed by atoms with Gasteiger partial charge in [0.2, 0.25) is 0 Å². The van der Waals surface area contributed by atoms with Crippen molar-refractivity contribution in [3.63, 3.8) is 0 Å². The van der Waals surface area contributed by atoms with Crippen LogP contribution in [0.4, 0.5) is 0 Å². The van der Waals surface area contributed by atoms with Crippen molar-refractivity contribution in [3.05, 3.63) is 35.9 Å². The zero-order valence-corrected chi connectivity index (χ0v) is 10.3. The molecule has 5 nitrogen and oxygen atoms in total. The monoisotopic (exact) mass is 251 g/mol. The Morgan fingerprint density at radius 1 is 1.44 bits per heavy atom. The molecule has 5 heteroatoms. The van der Waals surface area contributed by atoms with Crippen LogP contribution in [0, 0.1) is 0 Å². The van der Waals surface area contributed by atoms with Gasteiger partial charge >= 0.3 is 5.97 Å². The Hall–Kier alpha value is -1.43. The molecule has 1 aliphatic rings. The molecule has 1 aromatic carbocycles. The minimum absolute atomic E-state index is 0.121. The van der Waals surface area contributed by atoms with Crippen LogP contribution >= 0.6 is 0 Å². The summed E-state index contributed by atoms with van der Waals surface area (Å²) in [5.41, 5.74) is 0.927. The molecule has 1 fully saturated rings. The van der Waals surface area contributed by atoms with Crippen LogP contribution < -0.4 is 0 Å². The van der Waals surface area contributed by atoms with E-state index >= 15 is 0 Å². The van der Waals surface area contributed by atoms with Crippen molar-refractivity contribution < 1.29 is 19.5 Å². The van der Waals surface area contributed by atoms with E-state index in [-0.39, 0.29) is 12.7 Å². The molecule has 18 heavy (non-hydrogen) atoms. The molecule has 1 N–H and O–H groups in total. The van der Waals surface area contributed by atoms with Gasteiger partial charge in [0, 0.05) is 13.5 Å². The fourth-order valence-corrected chi connectivity index (χ4v) is 1.99. The maximum atomic E-state index is 11.8. The second-order valence-corrected chi connectivity index (χ2v) is 4.32. The van der Waals surface area contributed by atoms with Gasteiger partial charge in [-0.25, -0.2) is 0 Å². The third-order valence-electron chi connectivity index (χ3n) is 3.07. The normalized spacial score (nSPS) is 24.1. The third kappa shape index (κ3) is 3.07. The van der Waals surface area contributed by atoms with Gasteiger partial charge in [0.15, 0.2) is 0 Å². The quantitative estimate of drug-likeness (QED) is 0.815. The Morgan fingerprint density at radius 3 is 2.78 bits per heavy atom. The lowest BCUT2D eigenvalue weighted by Gasteiger charge is -2.15. The summed E-state index contributed by atoms with van der Waals surface area (Å²) >= 11 is 0. The lowest BCUT2D eigenvalue weighted by atomic mass is 10.2. The smallest absolute Gasteiger partial charge is 0.326 e. The topological polar surface area (TPSA) is 59.0 Å².